The lowest BCUT2D eigenvalue weighted by Gasteiger charge is -2.24. The van der Waals surface area contributed by atoms with Gasteiger partial charge in [0, 0.05) is 30.3 Å². The van der Waals surface area contributed by atoms with E-state index in [1.165, 1.54) is 30.5 Å². The van der Waals surface area contributed by atoms with Gasteiger partial charge in [0.2, 0.25) is 0 Å². The monoisotopic (exact) mass is 391 g/mol. The van der Waals surface area contributed by atoms with Gasteiger partial charge in [-0.2, -0.15) is 0 Å². The Labute approximate surface area is 165 Å². The number of nitro benzene ring substituents is 1. The summed E-state index contributed by atoms with van der Waals surface area (Å²) < 4.78 is 5.27. The number of hydrogen-bond donors (Lipinski definition) is 1. The molecule has 0 spiro atoms. The molecule has 0 unspecified atom stereocenters. The van der Waals surface area contributed by atoms with E-state index in [0.717, 1.165) is 25.7 Å². The molecule has 0 aromatic heterocycles. The first kappa shape index (κ1) is 21.7. The quantitative estimate of drug-likeness (QED) is 0.603. The third-order valence-corrected chi connectivity index (χ3v) is 4.60. The van der Waals surface area contributed by atoms with E-state index in [1.807, 2.05) is 0 Å². The maximum atomic E-state index is 12.5. The Hall–Kier alpha value is -2.64. The van der Waals surface area contributed by atoms with E-state index in [9.17, 15) is 19.7 Å². The van der Waals surface area contributed by atoms with Crippen LogP contribution in [0.5, 0.6) is 0 Å². The molecule has 2 amide bonds. The van der Waals surface area contributed by atoms with Crippen LogP contribution in [0.15, 0.2) is 18.2 Å². The number of carbonyl (C=O) groups is 2. The molecular weight excluding hydrogens is 362 g/mol. The summed E-state index contributed by atoms with van der Waals surface area (Å²) in [6, 6.07) is 4.48. The molecule has 1 aliphatic rings. The van der Waals surface area contributed by atoms with E-state index in [2.05, 4.69) is 5.32 Å². The van der Waals surface area contributed by atoms with Crippen molar-refractivity contribution in [2.75, 3.05) is 7.05 Å². The fraction of sp³-hybridized carbons (Fsp3) is 0.600. The highest BCUT2D eigenvalue weighted by Gasteiger charge is 2.24. The van der Waals surface area contributed by atoms with Gasteiger partial charge < -0.3 is 15.0 Å². The Bertz CT molecular complexity index is 736. The van der Waals surface area contributed by atoms with E-state index >= 15 is 0 Å². The van der Waals surface area contributed by atoms with Gasteiger partial charge in [-0.05, 0) is 45.7 Å². The second-order valence-corrected chi connectivity index (χ2v) is 8.25. The van der Waals surface area contributed by atoms with Crippen LogP contribution >= 0.6 is 0 Å². The van der Waals surface area contributed by atoms with Crippen LogP contribution in [0.2, 0.25) is 0 Å². The summed E-state index contributed by atoms with van der Waals surface area (Å²) in [5.41, 5.74) is -0.251. The van der Waals surface area contributed by atoms with Crippen molar-refractivity contribution in [3.63, 3.8) is 0 Å². The Kier molecular flexibility index (Phi) is 6.99. The first-order valence-electron chi connectivity index (χ1n) is 9.59. The lowest BCUT2D eigenvalue weighted by atomic mass is 9.95. The molecule has 0 atom stereocenters. The van der Waals surface area contributed by atoms with Crippen LogP contribution in [0.4, 0.5) is 10.5 Å². The molecule has 0 radical (unpaired) electrons. The molecule has 0 heterocycles. The van der Waals surface area contributed by atoms with Gasteiger partial charge in [-0.25, -0.2) is 4.79 Å². The van der Waals surface area contributed by atoms with Gasteiger partial charge in [0.05, 0.1) is 11.5 Å². The Morgan fingerprint density at radius 3 is 2.46 bits per heavy atom. The maximum Gasteiger partial charge on any atom is 0.410 e. The van der Waals surface area contributed by atoms with Crippen molar-refractivity contribution in [1.82, 2.24) is 10.2 Å². The number of nitrogens with one attached hydrogen (secondary N) is 1. The van der Waals surface area contributed by atoms with Gasteiger partial charge >= 0.3 is 6.09 Å². The normalized spacial score (nSPS) is 15.0. The third kappa shape index (κ3) is 6.21. The minimum Gasteiger partial charge on any atom is -0.444 e. The van der Waals surface area contributed by atoms with Crippen molar-refractivity contribution in [1.29, 1.82) is 0 Å². The van der Waals surface area contributed by atoms with Crippen LogP contribution in [0, 0.1) is 10.1 Å². The highest BCUT2D eigenvalue weighted by atomic mass is 16.6. The molecule has 1 N–H and O–H groups in total. The number of carbonyl (C=O) groups excluding carboxylic acids is 2. The second kappa shape index (κ2) is 9.03. The summed E-state index contributed by atoms with van der Waals surface area (Å²) in [6.07, 6.45) is 4.65. The average Bonchev–Trinajstić information content (AvgIpc) is 2.61. The fourth-order valence-electron chi connectivity index (χ4n) is 3.18. The van der Waals surface area contributed by atoms with Gasteiger partial charge in [-0.1, -0.05) is 19.3 Å². The molecule has 1 aromatic rings. The van der Waals surface area contributed by atoms with E-state index in [0.29, 0.717) is 5.56 Å². The molecular formula is C20H29N3O5. The number of benzene rings is 1. The summed E-state index contributed by atoms with van der Waals surface area (Å²) in [5, 5.41) is 14.5. The predicted molar refractivity (Wildman–Crippen MR) is 105 cm³/mol. The summed E-state index contributed by atoms with van der Waals surface area (Å²) in [4.78, 5) is 36.8. The molecule has 0 saturated heterocycles. The number of nitro groups is 1. The van der Waals surface area contributed by atoms with Crippen LogP contribution in [0.1, 0.15) is 68.8 Å². The number of nitrogens with zero attached hydrogens (tertiary/aromatic N) is 2. The van der Waals surface area contributed by atoms with Crippen molar-refractivity contribution < 1.29 is 19.2 Å². The number of rotatable bonds is 5. The minimum absolute atomic E-state index is 0.00967. The molecule has 8 heteroatoms. The van der Waals surface area contributed by atoms with Crippen LogP contribution in [-0.2, 0) is 11.3 Å². The molecule has 8 nitrogen and oxygen atoms in total. The molecule has 0 aliphatic heterocycles. The minimum atomic E-state index is -0.654. The second-order valence-electron chi connectivity index (χ2n) is 8.25. The standard InChI is InChI=1S/C20H29N3O5/c1-20(2,3)28-19(25)22(4)13-15-11-10-14(12-17(15)23(26)27)18(24)21-16-8-6-5-7-9-16/h10-12,16H,5-9,13H2,1-4H3,(H,21,24). The van der Waals surface area contributed by atoms with Gasteiger partial charge in [-0.3, -0.25) is 14.9 Å². The first-order chi connectivity index (χ1) is 13.1. The summed E-state index contributed by atoms with van der Waals surface area (Å²) >= 11 is 0. The third-order valence-electron chi connectivity index (χ3n) is 4.60. The fourth-order valence-corrected chi connectivity index (χ4v) is 3.18. The lowest BCUT2D eigenvalue weighted by Crippen LogP contribution is -2.36. The summed E-state index contributed by atoms with van der Waals surface area (Å²) in [5.74, 6) is -0.304. The van der Waals surface area contributed by atoms with E-state index in [4.69, 9.17) is 4.74 Å². The lowest BCUT2D eigenvalue weighted by molar-refractivity contribution is -0.385. The largest absolute Gasteiger partial charge is 0.444 e. The van der Waals surface area contributed by atoms with Crippen LogP contribution in [0.25, 0.3) is 0 Å². The van der Waals surface area contributed by atoms with Gasteiger partial charge in [0.1, 0.15) is 5.60 Å². The molecule has 1 aromatic carbocycles. The van der Waals surface area contributed by atoms with Crippen LogP contribution in [0.3, 0.4) is 0 Å². The van der Waals surface area contributed by atoms with Gasteiger partial charge in [-0.15, -0.1) is 0 Å². The Morgan fingerprint density at radius 1 is 1.25 bits per heavy atom. The van der Waals surface area contributed by atoms with Crippen molar-refractivity contribution in [3.8, 4) is 0 Å². The van der Waals surface area contributed by atoms with Gasteiger partial charge in [0.25, 0.3) is 11.6 Å². The Morgan fingerprint density at radius 2 is 1.89 bits per heavy atom. The summed E-state index contributed by atoms with van der Waals surface area (Å²) in [6.45, 7) is 5.26. The Balaban J connectivity index is 2.12. The molecule has 1 saturated carbocycles. The highest BCUT2D eigenvalue weighted by molar-refractivity contribution is 5.95. The molecule has 2 rings (SSSR count). The van der Waals surface area contributed by atoms with E-state index < -0.39 is 16.6 Å². The molecule has 154 valence electrons. The summed E-state index contributed by atoms with van der Waals surface area (Å²) in [7, 11) is 1.52. The topological polar surface area (TPSA) is 102 Å². The van der Waals surface area contributed by atoms with Crippen LogP contribution < -0.4 is 5.32 Å². The highest BCUT2D eigenvalue weighted by Crippen LogP contribution is 2.23. The zero-order valence-corrected chi connectivity index (χ0v) is 17.0. The average molecular weight is 391 g/mol. The zero-order valence-electron chi connectivity index (χ0n) is 17.0. The van der Waals surface area contributed by atoms with E-state index in [1.54, 1.807) is 26.8 Å². The molecule has 0 bridgehead atoms. The predicted octanol–water partition coefficient (Wildman–Crippen LogP) is 4.02. The zero-order chi connectivity index (χ0) is 20.9. The van der Waals surface area contributed by atoms with Crippen molar-refractivity contribution >= 4 is 17.7 Å². The van der Waals surface area contributed by atoms with Crippen LogP contribution in [-0.4, -0.2) is 40.5 Å². The first-order valence-corrected chi connectivity index (χ1v) is 9.59. The van der Waals surface area contributed by atoms with E-state index in [-0.39, 0.29) is 29.7 Å². The SMILES string of the molecule is CN(Cc1ccc(C(=O)NC2CCCCC2)cc1[N+](=O)[O-])C(=O)OC(C)(C)C. The van der Waals surface area contributed by atoms with Gasteiger partial charge in [0.15, 0.2) is 0 Å². The van der Waals surface area contributed by atoms with Crippen molar-refractivity contribution in [2.45, 2.75) is 71.1 Å². The molecule has 1 aliphatic carbocycles. The molecule has 1 fully saturated rings. The number of ether oxygens (including phenoxy) is 1. The van der Waals surface area contributed by atoms with Crippen molar-refractivity contribution in [2.24, 2.45) is 0 Å². The number of hydrogen-bond acceptors (Lipinski definition) is 5. The van der Waals surface area contributed by atoms with Crippen molar-refractivity contribution in [3.05, 3.63) is 39.4 Å². The molecule has 28 heavy (non-hydrogen) atoms. The maximum absolute atomic E-state index is 12.5. The number of amides is 2. The smallest absolute Gasteiger partial charge is 0.410 e.